The van der Waals surface area contributed by atoms with E-state index in [0.29, 0.717) is 23.3 Å². The second-order valence-electron chi connectivity index (χ2n) is 13.2. The maximum atomic E-state index is 6.45. The Morgan fingerprint density at radius 2 is 1.40 bits per heavy atom. The number of rotatable bonds is 7. The Labute approximate surface area is 297 Å². The number of pyridine rings is 1. The number of aromatic nitrogens is 4. The Morgan fingerprint density at radius 3 is 2.10 bits per heavy atom. The van der Waals surface area contributed by atoms with Gasteiger partial charge in [0.25, 0.3) is 0 Å². The molecule has 7 rings (SSSR count). The summed E-state index contributed by atoms with van der Waals surface area (Å²) < 4.78 is 10.6. The van der Waals surface area contributed by atoms with E-state index < -0.39 is 0 Å². The summed E-state index contributed by atoms with van der Waals surface area (Å²) in [5.41, 5.74) is 12.6. The van der Waals surface area contributed by atoms with E-state index in [1.807, 2.05) is 41.2 Å². The van der Waals surface area contributed by atoms with Gasteiger partial charge in [-0.2, -0.15) is 17.2 Å². The van der Waals surface area contributed by atoms with E-state index in [1.54, 1.807) is 0 Å². The van der Waals surface area contributed by atoms with Crippen LogP contribution in [0.3, 0.4) is 0 Å². The van der Waals surface area contributed by atoms with Crippen molar-refractivity contribution in [2.75, 3.05) is 0 Å². The Kier molecular flexibility index (Phi) is 9.20. The number of benzene rings is 4. The predicted molar refractivity (Wildman–Crippen MR) is 192 cm³/mol. The first kappa shape index (κ1) is 33.4. The maximum absolute atomic E-state index is 6.45. The number of fused-ring (bicyclic) bond motifs is 3. The Balaban J connectivity index is 0.00000401. The topological polar surface area (TPSA) is 44.9 Å². The van der Waals surface area contributed by atoms with Crippen molar-refractivity contribution in [2.24, 2.45) is 0 Å². The molecule has 6 heteroatoms. The second kappa shape index (κ2) is 13.2. The minimum Gasteiger partial charge on any atom is -0.509 e. The summed E-state index contributed by atoms with van der Waals surface area (Å²) in [6.45, 7) is 17.6. The van der Waals surface area contributed by atoms with Crippen molar-refractivity contribution < 1.29 is 25.8 Å². The van der Waals surface area contributed by atoms with Crippen molar-refractivity contribution in [3.05, 3.63) is 131 Å². The molecule has 0 saturated carbocycles. The van der Waals surface area contributed by atoms with Gasteiger partial charge in [0.15, 0.2) is 0 Å². The third-order valence-electron chi connectivity index (χ3n) is 9.02. The SMILES string of the molecule is Cc1ccnc(-n2c3[c-]c(Oc4[c-]c(-n5nc(C)c(-c6c(C(C)C)cc(C)cc6C(C)C)c5C)ccc4)ccc3c3ccccc32)c1.[Pt+2]. The number of hydrogen-bond acceptors (Lipinski definition) is 3. The van der Waals surface area contributed by atoms with Crippen molar-refractivity contribution in [3.8, 4) is 34.1 Å². The summed E-state index contributed by atoms with van der Waals surface area (Å²) in [7, 11) is 0. The molecule has 3 heterocycles. The minimum atomic E-state index is 0. The zero-order valence-electron chi connectivity index (χ0n) is 28.8. The van der Waals surface area contributed by atoms with Gasteiger partial charge in [0.2, 0.25) is 0 Å². The van der Waals surface area contributed by atoms with Crippen LogP contribution in [-0.2, 0) is 21.1 Å². The molecule has 0 aliphatic carbocycles. The van der Waals surface area contributed by atoms with Crippen LogP contribution in [0.5, 0.6) is 11.5 Å². The van der Waals surface area contributed by atoms with Crippen LogP contribution in [0.4, 0.5) is 0 Å². The van der Waals surface area contributed by atoms with Crippen molar-refractivity contribution >= 4 is 21.8 Å². The molecule has 7 aromatic rings. The van der Waals surface area contributed by atoms with Gasteiger partial charge in [0, 0.05) is 34.5 Å². The molecule has 3 aromatic heterocycles. The zero-order valence-corrected chi connectivity index (χ0v) is 31.0. The average Bonchev–Trinajstić information content (AvgIpc) is 3.53. The molecule has 0 aliphatic rings. The fourth-order valence-corrected chi connectivity index (χ4v) is 6.83. The smallest absolute Gasteiger partial charge is 0.509 e. The molecule has 0 saturated heterocycles. The molecule has 0 aliphatic heterocycles. The van der Waals surface area contributed by atoms with E-state index in [1.165, 1.54) is 27.8 Å². The van der Waals surface area contributed by atoms with Gasteiger partial charge in [-0.1, -0.05) is 69.1 Å². The molecule has 0 amide bonds. The molecular formula is C42H40N4OPt. The molecule has 0 spiro atoms. The van der Waals surface area contributed by atoms with Crippen LogP contribution in [0.25, 0.3) is 44.4 Å². The zero-order chi connectivity index (χ0) is 33.0. The Bertz CT molecular complexity index is 2260. The molecule has 48 heavy (non-hydrogen) atoms. The van der Waals surface area contributed by atoms with Crippen LogP contribution < -0.4 is 4.74 Å². The van der Waals surface area contributed by atoms with Crippen molar-refractivity contribution in [1.82, 2.24) is 19.3 Å². The summed E-state index contributed by atoms with van der Waals surface area (Å²) >= 11 is 0. The quantitative estimate of drug-likeness (QED) is 0.151. The summed E-state index contributed by atoms with van der Waals surface area (Å²) in [4.78, 5) is 4.70. The molecule has 0 bridgehead atoms. The van der Waals surface area contributed by atoms with Gasteiger partial charge in [-0.25, -0.2) is 4.98 Å². The number of aryl methyl sites for hydroxylation is 3. The monoisotopic (exact) mass is 811 g/mol. The van der Waals surface area contributed by atoms with Crippen LogP contribution in [0.1, 0.15) is 73.2 Å². The number of hydrogen-bond donors (Lipinski definition) is 0. The van der Waals surface area contributed by atoms with Gasteiger partial charge >= 0.3 is 21.1 Å². The molecule has 0 atom stereocenters. The van der Waals surface area contributed by atoms with Gasteiger partial charge in [0.05, 0.1) is 5.69 Å². The van der Waals surface area contributed by atoms with Crippen LogP contribution in [0.15, 0.2) is 85.1 Å². The summed E-state index contributed by atoms with van der Waals surface area (Å²) in [6.07, 6.45) is 1.85. The summed E-state index contributed by atoms with van der Waals surface area (Å²) in [6, 6.07) is 34.3. The maximum Gasteiger partial charge on any atom is 2.00 e. The summed E-state index contributed by atoms with van der Waals surface area (Å²) in [5.74, 6) is 2.85. The molecule has 5 nitrogen and oxygen atoms in total. The first-order chi connectivity index (χ1) is 22.6. The number of ether oxygens (including phenoxy) is 1. The molecule has 0 fully saturated rings. The van der Waals surface area contributed by atoms with Crippen LogP contribution in [0.2, 0.25) is 0 Å². The van der Waals surface area contributed by atoms with Crippen LogP contribution in [-0.4, -0.2) is 19.3 Å². The van der Waals surface area contributed by atoms with E-state index >= 15 is 0 Å². The fraction of sp³-hybridized carbons (Fsp3) is 0.238. The van der Waals surface area contributed by atoms with Crippen molar-refractivity contribution in [1.29, 1.82) is 0 Å². The molecule has 0 unspecified atom stereocenters. The van der Waals surface area contributed by atoms with Crippen LogP contribution in [0, 0.1) is 39.8 Å². The second-order valence-corrected chi connectivity index (χ2v) is 13.2. The number of nitrogens with zero attached hydrogens (tertiary/aromatic N) is 4. The first-order valence-corrected chi connectivity index (χ1v) is 16.4. The normalized spacial score (nSPS) is 11.5. The summed E-state index contributed by atoms with van der Waals surface area (Å²) in [5, 5.41) is 7.31. The van der Waals surface area contributed by atoms with Gasteiger partial charge in [-0.15, -0.1) is 35.7 Å². The van der Waals surface area contributed by atoms with Crippen molar-refractivity contribution in [3.63, 3.8) is 0 Å². The first-order valence-electron chi connectivity index (χ1n) is 16.4. The number of para-hydroxylation sites is 1. The standard InChI is InChI=1S/C42H40N4O.Pt/c1-25(2)36-20-28(6)21-37(26(3)4)42(36)41-29(7)44-46(30(41)8)31-12-11-13-32(23-31)47-33-16-17-35-34-14-9-10-15-38(34)45(39(35)24-33)40-22-27(5)18-19-43-40;/h9-22,25-26H,1-8H3;/q-2;+2. The molecule has 244 valence electrons. The van der Waals surface area contributed by atoms with E-state index in [9.17, 15) is 0 Å². The van der Waals surface area contributed by atoms with Crippen LogP contribution >= 0.6 is 0 Å². The average molecular weight is 812 g/mol. The third kappa shape index (κ3) is 5.90. The molecule has 0 N–H and O–H groups in total. The van der Waals surface area contributed by atoms with E-state index in [4.69, 9.17) is 14.8 Å². The van der Waals surface area contributed by atoms with Gasteiger partial charge in [-0.05, 0) is 91.1 Å². The van der Waals surface area contributed by atoms with Gasteiger partial charge in [-0.3, -0.25) is 4.68 Å². The van der Waals surface area contributed by atoms with Gasteiger partial charge in [0.1, 0.15) is 5.82 Å². The Morgan fingerprint density at radius 1 is 0.688 bits per heavy atom. The Hall–Kier alpha value is -4.47. The van der Waals surface area contributed by atoms with E-state index in [-0.39, 0.29) is 21.1 Å². The van der Waals surface area contributed by atoms with E-state index in [0.717, 1.165) is 50.3 Å². The molecular weight excluding hydrogens is 772 g/mol. The van der Waals surface area contributed by atoms with Crippen molar-refractivity contribution in [2.45, 2.75) is 67.2 Å². The predicted octanol–water partition coefficient (Wildman–Crippen LogP) is 10.9. The molecule has 4 aromatic carbocycles. The van der Waals surface area contributed by atoms with Gasteiger partial charge < -0.3 is 9.30 Å². The largest absolute Gasteiger partial charge is 2.00 e. The van der Waals surface area contributed by atoms with E-state index in [2.05, 4.69) is 121 Å². The third-order valence-corrected chi connectivity index (χ3v) is 9.02. The fourth-order valence-electron chi connectivity index (χ4n) is 6.83. The molecule has 0 radical (unpaired) electrons. The minimum absolute atomic E-state index is 0.